The van der Waals surface area contributed by atoms with E-state index in [1.54, 1.807) is 12.1 Å². The van der Waals surface area contributed by atoms with E-state index in [9.17, 15) is 13.2 Å². The Hall–Kier alpha value is -1.72. The molecule has 194 valence electrons. The summed E-state index contributed by atoms with van der Waals surface area (Å²) in [7, 11) is -1.65. The molecule has 0 unspecified atom stereocenters. The van der Waals surface area contributed by atoms with Crippen molar-refractivity contribution < 1.29 is 17.7 Å². The van der Waals surface area contributed by atoms with Gasteiger partial charge in [-0.2, -0.15) is 9.29 Å². The minimum absolute atomic E-state index is 0. The molecule has 0 bridgehead atoms. The van der Waals surface area contributed by atoms with Crippen LogP contribution in [0.5, 0.6) is 0 Å². The molecule has 35 heavy (non-hydrogen) atoms. The number of halogens is 2. The van der Waals surface area contributed by atoms with E-state index < -0.39 is 10.0 Å². The van der Waals surface area contributed by atoms with Crippen LogP contribution in [0.1, 0.15) is 50.2 Å². The van der Waals surface area contributed by atoms with Crippen molar-refractivity contribution in [1.29, 1.82) is 0 Å². The molecule has 1 aliphatic carbocycles. The summed E-state index contributed by atoms with van der Waals surface area (Å²) in [6.07, 6.45) is 6.60. The molecule has 0 atom stereocenters. The Morgan fingerprint density at radius 2 is 1.77 bits per heavy atom. The molecule has 2 fully saturated rings. The molecule has 1 aliphatic heterocycles. The quantitative estimate of drug-likeness (QED) is 0.501. The van der Waals surface area contributed by atoms with Crippen molar-refractivity contribution in [1.82, 2.24) is 24.2 Å². The van der Waals surface area contributed by atoms with Gasteiger partial charge >= 0.3 is 0 Å². The van der Waals surface area contributed by atoms with E-state index in [1.165, 1.54) is 35.7 Å². The summed E-state index contributed by atoms with van der Waals surface area (Å²) < 4.78 is 32.5. The van der Waals surface area contributed by atoms with Gasteiger partial charge in [-0.3, -0.25) is 9.69 Å². The summed E-state index contributed by atoms with van der Waals surface area (Å²) in [6, 6.07) is 6.58. The summed E-state index contributed by atoms with van der Waals surface area (Å²) in [6.45, 7) is 2.40. The first-order chi connectivity index (χ1) is 16.3. The number of nitrogens with zero attached hydrogens (tertiary/aromatic N) is 5. The van der Waals surface area contributed by atoms with E-state index in [1.807, 2.05) is 11.9 Å². The molecule has 0 radical (unpaired) electrons. The van der Waals surface area contributed by atoms with Crippen LogP contribution in [0, 0.1) is 0 Å². The number of carbonyl (C=O) groups is 1. The zero-order valence-corrected chi connectivity index (χ0v) is 22.3. The maximum absolute atomic E-state index is 12.8. The molecule has 1 aromatic carbocycles. The van der Waals surface area contributed by atoms with Crippen LogP contribution in [-0.2, 0) is 27.8 Å². The maximum Gasteiger partial charge on any atom is 0.243 e. The van der Waals surface area contributed by atoms with Gasteiger partial charge in [0.1, 0.15) is 0 Å². The number of aryl methyl sites for hydroxylation is 1. The van der Waals surface area contributed by atoms with Crippen LogP contribution in [0.25, 0.3) is 0 Å². The first kappa shape index (κ1) is 27.9. The SMILES string of the molecule is CN(C(=O)CCc1nc(CN2CCN(S(=O)(=O)c3ccc(Cl)cc3)CC2)no1)C1CCCCC1.Cl. The minimum atomic E-state index is -3.54. The van der Waals surface area contributed by atoms with Gasteiger partial charge < -0.3 is 9.42 Å². The highest BCUT2D eigenvalue weighted by molar-refractivity contribution is 7.89. The Kier molecular flexibility index (Phi) is 9.94. The van der Waals surface area contributed by atoms with Crippen molar-refractivity contribution in [3.8, 4) is 0 Å². The second-order valence-corrected chi connectivity index (χ2v) is 11.4. The van der Waals surface area contributed by atoms with E-state index in [-0.39, 0.29) is 23.2 Å². The number of carbonyl (C=O) groups excluding carboxylic acids is 1. The maximum atomic E-state index is 12.8. The molecule has 0 spiro atoms. The molecule has 1 aromatic heterocycles. The molecular formula is C23H33Cl2N5O4S. The Balaban J connectivity index is 0.00000342. The third-order valence-electron chi connectivity index (χ3n) is 6.73. The molecule has 1 amide bonds. The lowest BCUT2D eigenvalue weighted by Crippen LogP contribution is -2.48. The molecule has 2 aromatic rings. The lowest BCUT2D eigenvalue weighted by Gasteiger charge is -2.33. The van der Waals surface area contributed by atoms with Gasteiger partial charge in [-0.1, -0.05) is 36.0 Å². The van der Waals surface area contributed by atoms with Gasteiger partial charge in [-0.15, -0.1) is 12.4 Å². The van der Waals surface area contributed by atoms with Crippen LogP contribution in [0.3, 0.4) is 0 Å². The lowest BCUT2D eigenvalue weighted by atomic mass is 9.94. The second-order valence-electron chi connectivity index (χ2n) is 9.03. The lowest BCUT2D eigenvalue weighted by molar-refractivity contribution is -0.132. The number of sulfonamides is 1. The smallest absolute Gasteiger partial charge is 0.243 e. The van der Waals surface area contributed by atoms with E-state index in [2.05, 4.69) is 15.0 Å². The van der Waals surface area contributed by atoms with Gasteiger partial charge in [-0.05, 0) is 37.1 Å². The second kappa shape index (κ2) is 12.5. The van der Waals surface area contributed by atoms with Crippen molar-refractivity contribution in [3.05, 3.63) is 41.0 Å². The van der Waals surface area contributed by atoms with Gasteiger partial charge in [0.2, 0.25) is 21.8 Å². The first-order valence-electron chi connectivity index (χ1n) is 11.9. The fourth-order valence-electron chi connectivity index (χ4n) is 4.60. The molecular weight excluding hydrogens is 513 g/mol. The van der Waals surface area contributed by atoms with Crippen LogP contribution >= 0.6 is 24.0 Å². The summed E-state index contributed by atoms with van der Waals surface area (Å²) >= 11 is 5.87. The van der Waals surface area contributed by atoms with E-state index >= 15 is 0 Å². The Morgan fingerprint density at radius 3 is 2.43 bits per heavy atom. The summed E-state index contributed by atoms with van der Waals surface area (Å²) in [5.41, 5.74) is 0. The molecule has 1 saturated carbocycles. The van der Waals surface area contributed by atoms with E-state index in [0.717, 1.165) is 12.8 Å². The van der Waals surface area contributed by atoms with Crippen molar-refractivity contribution >= 4 is 39.9 Å². The Bertz CT molecular complexity index is 1070. The van der Waals surface area contributed by atoms with E-state index in [0.29, 0.717) is 68.3 Å². The van der Waals surface area contributed by atoms with Crippen LogP contribution in [0.15, 0.2) is 33.7 Å². The Morgan fingerprint density at radius 1 is 1.11 bits per heavy atom. The zero-order valence-electron chi connectivity index (χ0n) is 19.9. The number of amides is 1. The molecule has 4 rings (SSSR count). The average molecular weight is 547 g/mol. The Labute approximate surface area is 218 Å². The molecule has 9 nitrogen and oxygen atoms in total. The predicted molar refractivity (Wildman–Crippen MR) is 135 cm³/mol. The van der Waals surface area contributed by atoms with Crippen molar-refractivity contribution in [2.45, 2.75) is 62.4 Å². The highest BCUT2D eigenvalue weighted by Gasteiger charge is 2.29. The fraction of sp³-hybridized carbons (Fsp3) is 0.609. The highest BCUT2D eigenvalue weighted by Crippen LogP contribution is 2.23. The van der Waals surface area contributed by atoms with E-state index in [4.69, 9.17) is 16.1 Å². The van der Waals surface area contributed by atoms with Gasteiger partial charge in [0, 0.05) is 57.1 Å². The predicted octanol–water partition coefficient (Wildman–Crippen LogP) is 3.38. The number of benzene rings is 1. The zero-order chi connectivity index (χ0) is 24.1. The van der Waals surface area contributed by atoms with Gasteiger partial charge in [-0.25, -0.2) is 8.42 Å². The van der Waals surface area contributed by atoms with Crippen molar-refractivity contribution in [2.75, 3.05) is 33.2 Å². The number of piperazine rings is 1. The third-order valence-corrected chi connectivity index (χ3v) is 8.89. The fourth-order valence-corrected chi connectivity index (χ4v) is 6.15. The van der Waals surface area contributed by atoms with Gasteiger partial charge in [0.05, 0.1) is 11.4 Å². The monoisotopic (exact) mass is 545 g/mol. The highest BCUT2D eigenvalue weighted by atomic mass is 35.5. The third kappa shape index (κ3) is 7.16. The molecule has 12 heteroatoms. The van der Waals surface area contributed by atoms with Crippen molar-refractivity contribution in [3.63, 3.8) is 0 Å². The minimum Gasteiger partial charge on any atom is -0.343 e. The van der Waals surface area contributed by atoms with Crippen LogP contribution < -0.4 is 0 Å². The first-order valence-corrected chi connectivity index (χ1v) is 13.7. The summed E-state index contributed by atoms with van der Waals surface area (Å²) in [5, 5.41) is 4.55. The summed E-state index contributed by atoms with van der Waals surface area (Å²) in [5.74, 6) is 1.13. The van der Waals surface area contributed by atoms with Crippen LogP contribution in [-0.4, -0.2) is 77.8 Å². The molecule has 0 N–H and O–H groups in total. The molecule has 1 saturated heterocycles. The molecule has 2 heterocycles. The largest absolute Gasteiger partial charge is 0.343 e. The number of hydrogen-bond donors (Lipinski definition) is 0. The summed E-state index contributed by atoms with van der Waals surface area (Å²) in [4.78, 5) is 21.2. The van der Waals surface area contributed by atoms with Crippen molar-refractivity contribution in [2.24, 2.45) is 0 Å². The number of hydrogen-bond acceptors (Lipinski definition) is 7. The topological polar surface area (TPSA) is 99.9 Å². The average Bonchev–Trinajstić information content (AvgIpc) is 3.30. The van der Waals surface area contributed by atoms with Crippen LogP contribution in [0.2, 0.25) is 5.02 Å². The van der Waals surface area contributed by atoms with Gasteiger partial charge in [0.25, 0.3) is 0 Å². The standard InChI is InChI=1S/C23H32ClN5O4S.ClH/c1-27(19-5-3-2-4-6-19)23(30)12-11-22-25-21(26-33-22)17-28-13-15-29(16-14-28)34(31,32)20-9-7-18(24)8-10-20;/h7-10,19H,2-6,11-17H2,1H3;1H. The number of rotatable bonds is 8. The normalized spacial score (nSPS) is 18.2. The number of aromatic nitrogens is 2. The molecule has 2 aliphatic rings. The van der Waals surface area contributed by atoms with Gasteiger partial charge in [0.15, 0.2) is 5.82 Å². The van der Waals surface area contributed by atoms with Crippen LogP contribution in [0.4, 0.5) is 0 Å².